The van der Waals surface area contributed by atoms with Gasteiger partial charge in [-0.3, -0.25) is 10.2 Å². The van der Waals surface area contributed by atoms with Gasteiger partial charge in [0.05, 0.1) is 6.61 Å². The zero-order valence-corrected chi connectivity index (χ0v) is 22.9. The Bertz CT molecular complexity index is 1220. The van der Waals surface area contributed by atoms with Crippen molar-refractivity contribution in [1.82, 2.24) is 10.9 Å². The Morgan fingerprint density at radius 1 is 1.08 bits per heavy atom. The maximum atomic E-state index is 13.7. The smallest absolute Gasteiger partial charge is 0.266 e. The molecular formula is C27H27Br2N3O4. The molecule has 0 spiro atoms. The molecule has 0 bridgehead atoms. The molecule has 0 saturated carbocycles. The van der Waals surface area contributed by atoms with Crippen molar-refractivity contribution in [3.8, 4) is 5.75 Å². The van der Waals surface area contributed by atoms with Gasteiger partial charge in [-0.05, 0) is 48.0 Å². The highest BCUT2D eigenvalue weighted by Crippen LogP contribution is 2.44. The number of hydrogen-bond acceptors (Lipinski definition) is 6. The molecule has 1 amide bonds. The molecule has 3 aromatic rings. The summed E-state index contributed by atoms with van der Waals surface area (Å²) in [6.07, 6.45) is 0.205. The number of nitrogens with one attached hydrogen (secondary N) is 2. The molecule has 7 nitrogen and oxygen atoms in total. The van der Waals surface area contributed by atoms with Gasteiger partial charge < -0.3 is 14.6 Å². The van der Waals surface area contributed by atoms with E-state index in [2.05, 4.69) is 42.7 Å². The van der Waals surface area contributed by atoms with E-state index in [1.54, 1.807) is 7.05 Å². The van der Waals surface area contributed by atoms with Crippen molar-refractivity contribution in [2.75, 3.05) is 20.3 Å². The maximum Gasteiger partial charge on any atom is 0.266 e. The SMILES string of the molecule is CNNC(=O)[C@@]1(Cc2ccc(Br)cc2)N=C(c2ccc(OCCCO)cc2)O[C@H]1c1ccccc1Br. The molecule has 1 heterocycles. The molecule has 1 aliphatic rings. The van der Waals surface area contributed by atoms with Crippen LogP contribution < -0.4 is 15.6 Å². The van der Waals surface area contributed by atoms with E-state index in [9.17, 15) is 4.79 Å². The Balaban J connectivity index is 1.77. The average Bonchev–Trinajstić information content (AvgIpc) is 3.27. The van der Waals surface area contributed by atoms with Gasteiger partial charge in [0, 0.05) is 46.6 Å². The fourth-order valence-corrected chi connectivity index (χ4v) is 4.84. The van der Waals surface area contributed by atoms with E-state index in [4.69, 9.17) is 19.6 Å². The Kier molecular flexibility index (Phi) is 8.79. The standard InChI is InChI=1S/C27H27Br2N3O4/c1-30-32-26(34)27(17-18-7-11-20(28)12-8-18)24(22-5-2-3-6-23(22)29)36-25(31-27)19-9-13-21(14-10-19)35-16-4-15-33/h2-3,5-14,24,30,33H,4,15-17H2,1H3,(H,32,34)/t24-,27-/m0/s1. The van der Waals surface area contributed by atoms with Crippen LogP contribution in [0.2, 0.25) is 0 Å². The summed E-state index contributed by atoms with van der Waals surface area (Å²) in [4.78, 5) is 18.7. The van der Waals surface area contributed by atoms with Gasteiger partial charge in [0.1, 0.15) is 5.75 Å². The van der Waals surface area contributed by atoms with Gasteiger partial charge in [-0.1, -0.05) is 62.2 Å². The van der Waals surface area contributed by atoms with E-state index >= 15 is 0 Å². The summed E-state index contributed by atoms with van der Waals surface area (Å²) in [5, 5.41) is 8.97. The van der Waals surface area contributed by atoms with Crippen molar-refractivity contribution in [1.29, 1.82) is 0 Å². The number of aliphatic hydroxyl groups is 1. The summed E-state index contributed by atoms with van der Waals surface area (Å²) in [5.74, 6) is 0.760. The molecule has 9 heteroatoms. The molecule has 3 aromatic carbocycles. The zero-order chi connectivity index (χ0) is 25.5. The van der Waals surface area contributed by atoms with Gasteiger partial charge in [0.2, 0.25) is 5.90 Å². The summed E-state index contributed by atoms with van der Waals surface area (Å²) in [5.41, 5.74) is 6.74. The van der Waals surface area contributed by atoms with Crippen LogP contribution in [0.1, 0.15) is 29.2 Å². The number of halogens is 2. The van der Waals surface area contributed by atoms with Crippen molar-refractivity contribution >= 4 is 43.7 Å². The van der Waals surface area contributed by atoms with E-state index in [-0.39, 0.29) is 12.5 Å². The molecule has 36 heavy (non-hydrogen) atoms. The lowest BCUT2D eigenvalue weighted by atomic mass is 9.82. The molecule has 3 N–H and O–H groups in total. The summed E-state index contributed by atoms with van der Waals surface area (Å²) < 4.78 is 13.9. The third kappa shape index (κ3) is 5.81. The zero-order valence-electron chi connectivity index (χ0n) is 19.7. The van der Waals surface area contributed by atoms with Crippen LogP contribution >= 0.6 is 31.9 Å². The average molecular weight is 617 g/mol. The highest BCUT2D eigenvalue weighted by atomic mass is 79.9. The van der Waals surface area contributed by atoms with Gasteiger partial charge in [-0.2, -0.15) is 0 Å². The predicted octanol–water partition coefficient (Wildman–Crippen LogP) is 4.72. The minimum absolute atomic E-state index is 0.0777. The Morgan fingerprint density at radius 3 is 2.47 bits per heavy atom. The number of hydrazine groups is 1. The predicted molar refractivity (Wildman–Crippen MR) is 146 cm³/mol. The summed E-state index contributed by atoms with van der Waals surface area (Å²) in [7, 11) is 1.65. The number of rotatable bonds is 10. The van der Waals surface area contributed by atoms with Crippen LogP contribution in [0.4, 0.5) is 0 Å². The van der Waals surface area contributed by atoms with Crippen molar-refractivity contribution < 1.29 is 19.4 Å². The molecule has 0 fully saturated rings. The highest BCUT2D eigenvalue weighted by Gasteiger charge is 2.53. The number of amides is 1. The first-order valence-corrected chi connectivity index (χ1v) is 13.1. The number of aliphatic imine (C=N–C) groups is 1. The van der Waals surface area contributed by atoms with Crippen LogP contribution in [0.25, 0.3) is 0 Å². The summed E-state index contributed by atoms with van der Waals surface area (Å²) >= 11 is 7.12. The fraction of sp³-hybridized carbons (Fsp3) is 0.259. The van der Waals surface area contributed by atoms with E-state index in [1.165, 1.54) is 0 Å². The van der Waals surface area contributed by atoms with Gasteiger partial charge in [-0.25, -0.2) is 10.4 Å². The first-order chi connectivity index (χ1) is 17.5. The molecule has 0 aliphatic carbocycles. The number of hydrogen-bond donors (Lipinski definition) is 3. The number of nitrogens with zero attached hydrogens (tertiary/aromatic N) is 1. The third-order valence-electron chi connectivity index (χ3n) is 5.84. The minimum Gasteiger partial charge on any atom is -0.494 e. The maximum absolute atomic E-state index is 13.7. The van der Waals surface area contributed by atoms with Crippen LogP contribution in [0.15, 0.2) is 86.7 Å². The lowest BCUT2D eigenvalue weighted by Crippen LogP contribution is -2.53. The van der Waals surface area contributed by atoms with E-state index in [0.717, 1.165) is 25.6 Å². The third-order valence-corrected chi connectivity index (χ3v) is 7.09. The molecule has 0 saturated heterocycles. The number of ether oxygens (including phenoxy) is 2. The molecule has 0 unspecified atom stereocenters. The van der Waals surface area contributed by atoms with E-state index < -0.39 is 11.6 Å². The molecule has 188 valence electrons. The van der Waals surface area contributed by atoms with Crippen molar-refractivity contribution in [2.24, 2.45) is 4.99 Å². The fourth-order valence-electron chi connectivity index (χ4n) is 4.08. The van der Waals surface area contributed by atoms with Crippen LogP contribution in [0.5, 0.6) is 5.75 Å². The Morgan fingerprint density at radius 2 is 1.81 bits per heavy atom. The second kappa shape index (κ2) is 12.0. The van der Waals surface area contributed by atoms with Crippen LogP contribution in [0, 0.1) is 0 Å². The van der Waals surface area contributed by atoms with E-state index in [0.29, 0.717) is 31.1 Å². The largest absolute Gasteiger partial charge is 0.494 e. The Labute approximate surface area is 227 Å². The molecule has 1 aliphatic heterocycles. The lowest BCUT2D eigenvalue weighted by molar-refractivity contribution is -0.129. The van der Waals surface area contributed by atoms with E-state index in [1.807, 2.05) is 72.8 Å². The number of carbonyl (C=O) groups excluding carboxylic acids is 1. The van der Waals surface area contributed by atoms with Gasteiger partial charge >= 0.3 is 0 Å². The van der Waals surface area contributed by atoms with Crippen LogP contribution in [-0.4, -0.2) is 42.7 Å². The van der Waals surface area contributed by atoms with Crippen molar-refractivity contribution in [3.05, 3.63) is 98.4 Å². The Hall–Kier alpha value is -2.72. The van der Waals surface area contributed by atoms with Gasteiger partial charge in [0.25, 0.3) is 5.91 Å². The number of benzene rings is 3. The quantitative estimate of drug-likeness (QED) is 0.226. The molecular weight excluding hydrogens is 590 g/mol. The number of aliphatic hydroxyl groups excluding tert-OH is 1. The molecule has 4 rings (SSSR count). The molecule has 0 radical (unpaired) electrons. The summed E-state index contributed by atoms with van der Waals surface area (Å²) in [6, 6.07) is 22.9. The highest BCUT2D eigenvalue weighted by molar-refractivity contribution is 9.10. The topological polar surface area (TPSA) is 92.2 Å². The molecule has 2 atom stereocenters. The van der Waals surface area contributed by atoms with Gasteiger partial charge in [0.15, 0.2) is 11.6 Å². The molecule has 0 aromatic heterocycles. The van der Waals surface area contributed by atoms with Crippen LogP contribution in [-0.2, 0) is 16.0 Å². The monoisotopic (exact) mass is 615 g/mol. The first-order valence-electron chi connectivity index (χ1n) is 11.5. The van der Waals surface area contributed by atoms with Crippen molar-refractivity contribution in [2.45, 2.75) is 24.5 Å². The van der Waals surface area contributed by atoms with Crippen molar-refractivity contribution in [3.63, 3.8) is 0 Å². The minimum atomic E-state index is -1.27. The summed E-state index contributed by atoms with van der Waals surface area (Å²) in [6.45, 7) is 0.506. The lowest BCUT2D eigenvalue weighted by Gasteiger charge is -2.31. The van der Waals surface area contributed by atoms with Gasteiger partial charge in [-0.15, -0.1) is 0 Å². The second-order valence-electron chi connectivity index (χ2n) is 8.32. The second-order valence-corrected chi connectivity index (χ2v) is 10.1. The normalized spacial score (nSPS) is 18.9. The van der Waals surface area contributed by atoms with Crippen LogP contribution in [0.3, 0.4) is 0 Å². The number of carbonyl (C=O) groups is 1. The first kappa shape index (κ1) is 26.3.